The van der Waals surface area contributed by atoms with Crippen LogP contribution < -0.4 is 0 Å². The van der Waals surface area contributed by atoms with Crippen molar-refractivity contribution in [3.63, 3.8) is 0 Å². The van der Waals surface area contributed by atoms with Gasteiger partial charge in [-0.25, -0.2) is 0 Å². The Hall–Kier alpha value is 0.507. The number of halogens is 1. The molecule has 0 saturated heterocycles. The van der Waals surface area contributed by atoms with Crippen LogP contribution in [0.2, 0.25) is 12.1 Å². The van der Waals surface area contributed by atoms with Crippen LogP contribution in [0.25, 0.3) is 0 Å². The predicted octanol–water partition coefficient (Wildman–Crippen LogP) is 4.04. The monoisotopic (exact) mass is 206 g/mol. The Morgan fingerprint density at radius 1 is 0.833 bits per heavy atom. The van der Waals surface area contributed by atoms with E-state index in [2.05, 4.69) is 41.5 Å². The lowest BCUT2D eigenvalue weighted by Crippen LogP contribution is -2.21. The zero-order chi connectivity index (χ0) is 9.99. The van der Waals surface area contributed by atoms with E-state index in [-0.39, 0.29) is 0 Å². The van der Waals surface area contributed by atoms with Gasteiger partial charge in [-0.1, -0.05) is 41.5 Å². The molecule has 0 rings (SSSR count). The fourth-order valence-corrected chi connectivity index (χ4v) is 6.98. The lowest BCUT2D eigenvalue weighted by atomic mass is 10.00. The molecule has 74 valence electrons. The van der Waals surface area contributed by atoms with Gasteiger partial charge in [0, 0.05) is 0 Å². The molecule has 0 bridgehead atoms. The van der Waals surface area contributed by atoms with Crippen molar-refractivity contribution in [2.24, 2.45) is 10.8 Å². The van der Waals surface area contributed by atoms with Crippen molar-refractivity contribution in [2.75, 3.05) is 0 Å². The van der Waals surface area contributed by atoms with Gasteiger partial charge in [0.25, 0.3) is 0 Å². The van der Waals surface area contributed by atoms with Crippen LogP contribution in [0.3, 0.4) is 0 Å². The molecule has 0 aromatic rings. The summed E-state index contributed by atoms with van der Waals surface area (Å²) < 4.78 is 0. The molecule has 0 saturated carbocycles. The Morgan fingerprint density at radius 3 is 1.25 bits per heavy atom. The highest BCUT2D eigenvalue weighted by atomic mass is 35.6. The lowest BCUT2D eigenvalue weighted by Gasteiger charge is -2.26. The second-order valence-corrected chi connectivity index (χ2v) is 9.99. The molecule has 0 aromatic carbocycles. The fourth-order valence-electron chi connectivity index (χ4n) is 1.40. The van der Waals surface area contributed by atoms with Crippen LogP contribution in [0.4, 0.5) is 0 Å². The van der Waals surface area contributed by atoms with Crippen LogP contribution in [0.5, 0.6) is 0 Å². The van der Waals surface area contributed by atoms with Crippen LogP contribution in [0.15, 0.2) is 0 Å². The van der Waals surface area contributed by atoms with Crippen molar-refractivity contribution < 1.29 is 0 Å². The fraction of sp³-hybridized carbons (Fsp3) is 1.00. The Morgan fingerprint density at radius 2 is 1.08 bits per heavy atom. The minimum Gasteiger partial charge on any atom is -0.172 e. The molecular weight excluding hydrogens is 184 g/mol. The molecule has 0 spiro atoms. The van der Waals surface area contributed by atoms with Gasteiger partial charge in [-0.05, 0) is 22.9 Å². The maximum atomic E-state index is 6.39. The van der Waals surface area contributed by atoms with Crippen molar-refractivity contribution in [1.82, 2.24) is 0 Å². The van der Waals surface area contributed by atoms with Crippen LogP contribution >= 0.6 is 11.1 Å². The van der Waals surface area contributed by atoms with Crippen molar-refractivity contribution >= 4 is 19.2 Å². The third kappa shape index (κ3) is 8.60. The first kappa shape index (κ1) is 12.5. The Bertz CT molecular complexity index is 114. The quantitative estimate of drug-likeness (QED) is 0.473. The van der Waals surface area contributed by atoms with E-state index >= 15 is 0 Å². The van der Waals surface area contributed by atoms with Gasteiger partial charge in [-0.3, -0.25) is 0 Å². The third-order valence-corrected chi connectivity index (χ3v) is 5.93. The predicted molar refractivity (Wildman–Crippen MR) is 61.5 cm³/mol. The summed E-state index contributed by atoms with van der Waals surface area (Å²) in [6.07, 6.45) is 0. The van der Waals surface area contributed by atoms with Gasteiger partial charge in [0.1, 0.15) is 8.11 Å². The Labute approximate surface area is 84.0 Å². The van der Waals surface area contributed by atoms with Crippen molar-refractivity contribution in [2.45, 2.75) is 53.6 Å². The van der Waals surface area contributed by atoms with Gasteiger partial charge < -0.3 is 0 Å². The molecule has 0 amide bonds. The number of hydrogen-bond acceptors (Lipinski definition) is 0. The molecular formula is C10H23ClSi. The summed E-state index contributed by atoms with van der Waals surface area (Å²) >= 11 is 6.39. The average Bonchev–Trinajstić information content (AvgIpc) is 1.49. The second-order valence-electron chi connectivity index (χ2n) is 6.13. The van der Waals surface area contributed by atoms with Gasteiger partial charge in [0.05, 0.1) is 0 Å². The minimum absolute atomic E-state index is 0.421. The normalized spacial score (nSPS) is 14.0. The molecule has 0 aromatic heterocycles. The largest absolute Gasteiger partial charge is 0.172 e. The van der Waals surface area contributed by atoms with Gasteiger partial charge in [0.15, 0.2) is 0 Å². The maximum absolute atomic E-state index is 6.39. The zero-order valence-corrected chi connectivity index (χ0v) is 11.3. The van der Waals surface area contributed by atoms with Gasteiger partial charge >= 0.3 is 0 Å². The van der Waals surface area contributed by atoms with E-state index in [0.717, 1.165) is 0 Å². The van der Waals surface area contributed by atoms with E-state index in [1.54, 1.807) is 0 Å². The SMILES string of the molecule is CC(C)(C)C[SiH](Cl)CC(C)(C)C. The standard InChI is InChI=1S/C10H23ClSi/c1-9(2,3)7-12(11)8-10(4,5)6/h12H,7-8H2,1-6H3. The Balaban J connectivity index is 3.83. The molecule has 0 aliphatic carbocycles. The summed E-state index contributed by atoms with van der Waals surface area (Å²) in [6.45, 7) is 13.7. The Kier molecular flexibility index (Phi) is 4.32. The molecule has 0 radical (unpaired) electrons. The van der Waals surface area contributed by atoms with E-state index in [4.69, 9.17) is 11.1 Å². The molecule has 0 nitrogen and oxygen atoms in total. The van der Waals surface area contributed by atoms with E-state index in [9.17, 15) is 0 Å². The minimum atomic E-state index is -0.980. The highest BCUT2D eigenvalue weighted by Crippen LogP contribution is 2.30. The lowest BCUT2D eigenvalue weighted by molar-refractivity contribution is 0.443. The van der Waals surface area contributed by atoms with Crippen molar-refractivity contribution in [3.05, 3.63) is 0 Å². The highest BCUT2D eigenvalue weighted by molar-refractivity contribution is 7.07. The summed E-state index contributed by atoms with van der Waals surface area (Å²) in [4.78, 5) is 0. The average molecular weight is 207 g/mol. The summed E-state index contributed by atoms with van der Waals surface area (Å²) in [5, 5.41) is 0. The maximum Gasteiger partial charge on any atom is 0.142 e. The first-order chi connectivity index (χ1) is 5.10. The van der Waals surface area contributed by atoms with Crippen LogP contribution in [0.1, 0.15) is 41.5 Å². The van der Waals surface area contributed by atoms with E-state index in [0.29, 0.717) is 10.8 Å². The summed E-state index contributed by atoms with van der Waals surface area (Å²) in [7, 11) is -0.980. The van der Waals surface area contributed by atoms with Crippen molar-refractivity contribution in [1.29, 1.82) is 0 Å². The highest BCUT2D eigenvalue weighted by Gasteiger charge is 2.23. The van der Waals surface area contributed by atoms with Crippen LogP contribution in [-0.2, 0) is 0 Å². The third-order valence-electron chi connectivity index (χ3n) is 1.67. The summed E-state index contributed by atoms with van der Waals surface area (Å²) in [5.74, 6) is 0. The van der Waals surface area contributed by atoms with Crippen molar-refractivity contribution in [3.8, 4) is 0 Å². The molecule has 0 atom stereocenters. The van der Waals surface area contributed by atoms with E-state index in [1.807, 2.05) is 0 Å². The molecule has 0 N–H and O–H groups in total. The van der Waals surface area contributed by atoms with Gasteiger partial charge in [-0.15, -0.1) is 0 Å². The second kappa shape index (κ2) is 4.14. The molecule has 0 aliphatic rings. The molecule has 2 heteroatoms. The van der Waals surface area contributed by atoms with Crippen LogP contribution in [0, 0.1) is 10.8 Å². The zero-order valence-electron chi connectivity index (χ0n) is 9.37. The van der Waals surface area contributed by atoms with Gasteiger partial charge in [-0.2, -0.15) is 11.1 Å². The molecule has 0 heterocycles. The first-order valence-corrected chi connectivity index (χ1v) is 8.12. The number of hydrogen-bond donors (Lipinski definition) is 0. The molecule has 0 fully saturated rings. The number of rotatable bonds is 2. The molecule has 0 aliphatic heterocycles. The summed E-state index contributed by atoms with van der Waals surface area (Å²) in [5.41, 5.74) is 0.841. The molecule has 0 unspecified atom stereocenters. The topological polar surface area (TPSA) is 0 Å². The smallest absolute Gasteiger partial charge is 0.142 e. The van der Waals surface area contributed by atoms with E-state index in [1.165, 1.54) is 12.1 Å². The molecule has 12 heavy (non-hydrogen) atoms. The first-order valence-electron chi connectivity index (χ1n) is 4.74. The van der Waals surface area contributed by atoms with Gasteiger partial charge in [0.2, 0.25) is 0 Å². The summed E-state index contributed by atoms with van der Waals surface area (Å²) in [6, 6.07) is 2.48. The van der Waals surface area contributed by atoms with Crippen LogP contribution in [-0.4, -0.2) is 8.11 Å². The van der Waals surface area contributed by atoms with E-state index < -0.39 is 8.11 Å².